The van der Waals surface area contributed by atoms with Crippen molar-refractivity contribution in [1.82, 2.24) is 0 Å². The number of alkyl halides is 1. The Morgan fingerprint density at radius 2 is 2.16 bits per heavy atom. The molecule has 6 heteroatoms. The van der Waals surface area contributed by atoms with E-state index in [0.717, 1.165) is 17.8 Å². The lowest BCUT2D eigenvalue weighted by Gasteiger charge is -2.30. The summed E-state index contributed by atoms with van der Waals surface area (Å²) in [6.07, 6.45) is 0. The van der Waals surface area contributed by atoms with E-state index in [1.54, 1.807) is 19.2 Å². The molecule has 0 fully saturated rings. The quantitative estimate of drug-likeness (QED) is 0.437. The second kappa shape index (κ2) is 7.45. The van der Waals surface area contributed by atoms with Crippen LogP contribution < -0.4 is 4.90 Å². The minimum atomic E-state index is -0.370. The van der Waals surface area contributed by atoms with Crippen molar-refractivity contribution in [3.05, 3.63) is 33.9 Å². The second-order valence-corrected chi connectivity index (χ2v) is 5.04. The van der Waals surface area contributed by atoms with E-state index in [1.165, 1.54) is 0 Å². The highest BCUT2D eigenvalue weighted by molar-refractivity contribution is 9.08. The third-order valence-corrected chi connectivity index (χ3v) is 3.49. The molecule has 0 radical (unpaired) electrons. The molecule has 1 rings (SSSR count). The summed E-state index contributed by atoms with van der Waals surface area (Å²) in [5.74, 6) is 0. The molecular weight excluding hydrogens is 312 g/mol. The summed E-state index contributed by atoms with van der Waals surface area (Å²) < 4.78 is 5.12. The first-order chi connectivity index (χ1) is 9.01. The van der Waals surface area contributed by atoms with Gasteiger partial charge in [-0.15, -0.1) is 0 Å². The molecule has 0 aliphatic rings. The molecule has 0 atom stereocenters. The minimum absolute atomic E-state index is 0.119. The van der Waals surface area contributed by atoms with Gasteiger partial charge >= 0.3 is 0 Å². The Bertz CT molecular complexity index is 438. The third kappa shape index (κ3) is 4.18. The average molecular weight is 331 g/mol. The molecule has 1 aromatic carbocycles. The standard InChI is InChI=1S/C13H19BrN2O3/c1-10(2)15(6-7-19-3)13-5-4-12(16(17)18)8-11(13)9-14/h4-5,8,10H,6-7,9H2,1-3H3. The van der Waals surface area contributed by atoms with Crippen molar-refractivity contribution < 1.29 is 9.66 Å². The van der Waals surface area contributed by atoms with Gasteiger partial charge in [0, 0.05) is 42.8 Å². The monoisotopic (exact) mass is 330 g/mol. The molecule has 0 unspecified atom stereocenters. The highest BCUT2D eigenvalue weighted by Crippen LogP contribution is 2.28. The summed E-state index contributed by atoms with van der Waals surface area (Å²) >= 11 is 3.40. The molecule has 19 heavy (non-hydrogen) atoms. The first-order valence-electron chi connectivity index (χ1n) is 6.10. The van der Waals surface area contributed by atoms with Gasteiger partial charge in [0.25, 0.3) is 5.69 Å². The van der Waals surface area contributed by atoms with Gasteiger partial charge in [-0.2, -0.15) is 0 Å². The van der Waals surface area contributed by atoms with Gasteiger partial charge in [0.05, 0.1) is 11.5 Å². The molecule has 0 aliphatic carbocycles. The Morgan fingerprint density at radius 3 is 2.63 bits per heavy atom. The van der Waals surface area contributed by atoms with E-state index in [0.29, 0.717) is 18.0 Å². The Labute approximate surface area is 121 Å². The van der Waals surface area contributed by atoms with Crippen LogP contribution in [0.5, 0.6) is 0 Å². The Kier molecular flexibility index (Phi) is 6.24. The second-order valence-electron chi connectivity index (χ2n) is 4.48. The van der Waals surface area contributed by atoms with E-state index in [2.05, 4.69) is 34.7 Å². The summed E-state index contributed by atoms with van der Waals surface area (Å²) in [5, 5.41) is 11.4. The molecule has 0 heterocycles. The van der Waals surface area contributed by atoms with Gasteiger partial charge < -0.3 is 9.64 Å². The van der Waals surface area contributed by atoms with Gasteiger partial charge in [-0.3, -0.25) is 10.1 Å². The van der Waals surface area contributed by atoms with E-state index in [4.69, 9.17) is 4.74 Å². The molecule has 5 nitrogen and oxygen atoms in total. The van der Waals surface area contributed by atoms with E-state index in [9.17, 15) is 10.1 Å². The largest absolute Gasteiger partial charge is 0.383 e. The predicted molar refractivity (Wildman–Crippen MR) is 80.1 cm³/mol. The Balaban J connectivity index is 3.11. The van der Waals surface area contributed by atoms with E-state index in [1.807, 2.05) is 6.07 Å². The zero-order valence-electron chi connectivity index (χ0n) is 11.4. The number of non-ortho nitro benzene ring substituents is 1. The number of nitrogens with zero attached hydrogens (tertiary/aromatic N) is 2. The van der Waals surface area contributed by atoms with Gasteiger partial charge in [0.2, 0.25) is 0 Å². The normalized spacial score (nSPS) is 10.8. The van der Waals surface area contributed by atoms with Crippen molar-refractivity contribution in [2.75, 3.05) is 25.2 Å². The van der Waals surface area contributed by atoms with E-state index >= 15 is 0 Å². The molecule has 0 saturated carbocycles. The molecule has 0 aliphatic heterocycles. The average Bonchev–Trinajstić information content (AvgIpc) is 2.38. The van der Waals surface area contributed by atoms with Crippen LogP contribution in [-0.2, 0) is 10.1 Å². The van der Waals surface area contributed by atoms with Crippen molar-refractivity contribution in [2.45, 2.75) is 25.2 Å². The van der Waals surface area contributed by atoms with Crippen LogP contribution in [0, 0.1) is 10.1 Å². The number of nitro benzene ring substituents is 1. The number of rotatable bonds is 7. The zero-order valence-corrected chi connectivity index (χ0v) is 13.0. The van der Waals surface area contributed by atoms with Crippen LogP contribution in [0.4, 0.5) is 11.4 Å². The topological polar surface area (TPSA) is 55.6 Å². The fourth-order valence-electron chi connectivity index (χ4n) is 1.92. The lowest BCUT2D eigenvalue weighted by molar-refractivity contribution is -0.384. The maximum absolute atomic E-state index is 10.8. The molecule has 0 saturated heterocycles. The SMILES string of the molecule is COCCN(c1ccc([N+](=O)[O-])cc1CBr)C(C)C. The van der Waals surface area contributed by atoms with Crippen molar-refractivity contribution in [3.63, 3.8) is 0 Å². The third-order valence-electron chi connectivity index (χ3n) is 2.89. The van der Waals surface area contributed by atoms with E-state index < -0.39 is 0 Å². The molecule has 0 bridgehead atoms. The lowest BCUT2D eigenvalue weighted by atomic mass is 10.1. The fraction of sp³-hybridized carbons (Fsp3) is 0.538. The zero-order chi connectivity index (χ0) is 14.4. The van der Waals surface area contributed by atoms with Crippen molar-refractivity contribution >= 4 is 27.3 Å². The molecule has 0 spiro atoms. The van der Waals surface area contributed by atoms with Gasteiger partial charge in [-0.1, -0.05) is 15.9 Å². The Hall–Kier alpha value is -1.14. The van der Waals surface area contributed by atoms with Gasteiger partial charge in [0.15, 0.2) is 0 Å². The van der Waals surface area contributed by atoms with Crippen molar-refractivity contribution in [3.8, 4) is 0 Å². The number of anilines is 1. The maximum atomic E-state index is 10.8. The fourth-order valence-corrected chi connectivity index (χ4v) is 2.37. The smallest absolute Gasteiger partial charge is 0.269 e. The molecule has 1 aromatic rings. The molecule has 106 valence electrons. The summed E-state index contributed by atoms with van der Waals surface area (Å²) in [4.78, 5) is 12.6. The number of hydrogen-bond acceptors (Lipinski definition) is 4. The molecule has 0 aromatic heterocycles. The summed E-state index contributed by atoms with van der Waals surface area (Å²) in [7, 11) is 1.67. The highest BCUT2D eigenvalue weighted by atomic mass is 79.9. The van der Waals surface area contributed by atoms with Gasteiger partial charge in [-0.05, 0) is 25.5 Å². The van der Waals surface area contributed by atoms with Gasteiger partial charge in [0.1, 0.15) is 0 Å². The maximum Gasteiger partial charge on any atom is 0.269 e. The Morgan fingerprint density at radius 1 is 1.47 bits per heavy atom. The highest BCUT2D eigenvalue weighted by Gasteiger charge is 2.17. The summed E-state index contributed by atoms with van der Waals surface area (Å²) in [6, 6.07) is 5.27. The molecule has 0 amide bonds. The van der Waals surface area contributed by atoms with Crippen LogP contribution in [0.1, 0.15) is 19.4 Å². The minimum Gasteiger partial charge on any atom is -0.383 e. The number of nitro groups is 1. The number of methoxy groups -OCH3 is 1. The van der Waals surface area contributed by atoms with Crippen LogP contribution in [-0.4, -0.2) is 31.2 Å². The van der Waals surface area contributed by atoms with Crippen LogP contribution in [0.15, 0.2) is 18.2 Å². The van der Waals surface area contributed by atoms with Crippen molar-refractivity contribution in [2.24, 2.45) is 0 Å². The summed E-state index contributed by atoms with van der Waals surface area (Å²) in [5.41, 5.74) is 2.04. The van der Waals surface area contributed by atoms with E-state index in [-0.39, 0.29) is 10.6 Å². The van der Waals surface area contributed by atoms with Crippen LogP contribution >= 0.6 is 15.9 Å². The van der Waals surface area contributed by atoms with Gasteiger partial charge in [-0.25, -0.2) is 0 Å². The number of ether oxygens (including phenoxy) is 1. The van der Waals surface area contributed by atoms with Crippen LogP contribution in [0.3, 0.4) is 0 Å². The molecule has 0 N–H and O–H groups in total. The first-order valence-corrected chi connectivity index (χ1v) is 7.22. The summed E-state index contributed by atoms with van der Waals surface area (Å²) in [6.45, 7) is 5.56. The van der Waals surface area contributed by atoms with Crippen molar-refractivity contribution in [1.29, 1.82) is 0 Å². The van der Waals surface area contributed by atoms with Crippen LogP contribution in [0.2, 0.25) is 0 Å². The molecular formula is C13H19BrN2O3. The first kappa shape index (κ1) is 15.9. The lowest BCUT2D eigenvalue weighted by Crippen LogP contribution is -2.34. The number of halogens is 1. The van der Waals surface area contributed by atoms with Crippen LogP contribution in [0.25, 0.3) is 0 Å². The number of hydrogen-bond donors (Lipinski definition) is 0. The predicted octanol–water partition coefficient (Wildman–Crippen LogP) is 3.35. The number of benzene rings is 1.